The number of imidazole rings is 1. The largest absolute Gasteiger partial charge is 0.362 e. The van der Waals surface area contributed by atoms with E-state index in [1.165, 1.54) is 12.4 Å². The number of benzene rings is 1. The van der Waals surface area contributed by atoms with Crippen LogP contribution in [0, 0.1) is 5.82 Å². The van der Waals surface area contributed by atoms with E-state index < -0.39 is 0 Å². The molecule has 20 heavy (non-hydrogen) atoms. The van der Waals surface area contributed by atoms with Crippen LogP contribution in [0.15, 0.2) is 35.3 Å². The van der Waals surface area contributed by atoms with E-state index in [4.69, 9.17) is 0 Å². The zero-order valence-electron chi connectivity index (χ0n) is 10.6. The Morgan fingerprint density at radius 2 is 2.15 bits per heavy atom. The molecule has 2 aromatic heterocycles. The normalized spacial score (nSPS) is 12.6. The molecule has 0 unspecified atom stereocenters. The van der Waals surface area contributed by atoms with Crippen LogP contribution < -0.4 is 5.32 Å². The molecule has 2 heterocycles. The highest BCUT2D eigenvalue weighted by Crippen LogP contribution is 2.25. The number of aromatic amines is 1. The predicted octanol–water partition coefficient (Wildman–Crippen LogP) is 3.43. The molecule has 0 bridgehead atoms. The number of hydrogen-bond donors (Lipinski definition) is 2. The van der Waals surface area contributed by atoms with Gasteiger partial charge in [-0.3, -0.25) is 0 Å². The first-order chi connectivity index (χ1) is 9.65. The highest BCUT2D eigenvalue weighted by Gasteiger charge is 2.14. The lowest BCUT2D eigenvalue weighted by Crippen LogP contribution is -2.10. The Kier molecular flexibility index (Phi) is 3.35. The molecule has 0 aliphatic carbocycles. The minimum Gasteiger partial charge on any atom is -0.362 e. The molecule has 0 saturated carbocycles. The van der Waals surface area contributed by atoms with Crippen LogP contribution >= 0.6 is 15.9 Å². The van der Waals surface area contributed by atoms with Gasteiger partial charge in [-0.1, -0.05) is 22.0 Å². The molecule has 1 atom stereocenters. The highest BCUT2D eigenvalue weighted by atomic mass is 79.9. The molecule has 3 rings (SSSR count). The van der Waals surface area contributed by atoms with Crippen molar-refractivity contribution in [2.45, 2.75) is 13.0 Å². The van der Waals surface area contributed by atoms with Crippen molar-refractivity contribution in [2.75, 3.05) is 5.32 Å². The lowest BCUT2D eigenvalue weighted by molar-refractivity contribution is 0.599. The molecular weight excluding hydrogens is 325 g/mol. The molecule has 0 saturated heterocycles. The van der Waals surface area contributed by atoms with E-state index in [2.05, 4.69) is 41.2 Å². The molecule has 0 radical (unpaired) electrons. The third-order valence-electron chi connectivity index (χ3n) is 3.01. The van der Waals surface area contributed by atoms with Crippen LogP contribution in [0.5, 0.6) is 0 Å². The van der Waals surface area contributed by atoms with E-state index in [9.17, 15) is 4.39 Å². The van der Waals surface area contributed by atoms with Crippen LogP contribution in [0.3, 0.4) is 0 Å². The van der Waals surface area contributed by atoms with Crippen molar-refractivity contribution in [3.8, 4) is 0 Å². The fourth-order valence-corrected chi connectivity index (χ4v) is 2.34. The molecule has 0 aliphatic heterocycles. The maximum Gasteiger partial charge on any atom is 0.182 e. The van der Waals surface area contributed by atoms with E-state index in [-0.39, 0.29) is 11.9 Å². The van der Waals surface area contributed by atoms with Crippen LogP contribution in [0.2, 0.25) is 0 Å². The molecule has 2 N–H and O–H groups in total. The Balaban J connectivity index is 1.92. The first-order valence-corrected chi connectivity index (χ1v) is 6.80. The average Bonchev–Trinajstić information content (AvgIpc) is 2.87. The molecule has 7 heteroatoms. The second kappa shape index (κ2) is 5.16. The van der Waals surface area contributed by atoms with Crippen molar-refractivity contribution in [3.05, 3.63) is 46.7 Å². The molecule has 5 nitrogen and oxygen atoms in total. The first-order valence-electron chi connectivity index (χ1n) is 6.00. The van der Waals surface area contributed by atoms with Crippen LogP contribution in [-0.4, -0.2) is 19.9 Å². The summed E-state index contributed by atoms with van der Waals surface area (Å²) in [6, 6.07) is 4.76. The minimum absolute atomic E-state index is 0.232. The Morgan fingerprint density at radius 3 is 2.95 bits per heavy atom. The van der Waals surface area contributed by atoms with Crippen molar-refractivity contribution in [1.82, 2.24) is 19.9 Å². The standard InChI is InChI=1S/C13H11BrFN5/c1-7(9-3-2-8(14)4-10(9)15)20-13-11-12(17-5-16-11)18-6-19-13/h2-7H,1H3,(H2,16,17,18,19,20)/t7-/m0/s1. The summed E-state index contributed by atoms with van der Waals surface area (Å²) in [4.78, 5) is 15.2. The summed E-state index contributed by atoms with van der Waals surface area (Å²) in [7, 11) is 0. The van der Waals surface area contributed by atoms with Crippen molar-refractivity contribution in [3.63, 3.8) is 0 Å². The predicted molar refractivity (Wildman–Crippen MR) is 77.8 cm³/mol. The molecule has 0 amide bonds. The molecular formula is C13H11BrFN5. The smallest absolute Gasteiger partial charge is 0.182 e. The lowest BCUT2D eigenvalue weighted by Gasteiger charge is -2.16. The Bertz CT molecular complexity index is 757. The van der Waals surface area contributed by atoms with Gasteiger partial charge in [-0.05, 0) is 19.1 Å². The topological polar surface area (TPSA) is 66.5 Å². The number of fused-ring (bicyclic) bond motifs is 1. The van der Waals surface area contributed by atoms with Gasteiger partial charge in [0.1, 0.15) is 17.7 Å². The lowest BCUT2D eigenvalue weighted by atomic mass is 10.1. The zero-order chi connectivity index (χ0) is 14.1. The van der Waals surface area contributed by atoms with Gasteiger partial charge >= 0.3 is 0 Å². The van der Waals surface area contributed by atoms with E-state index in [1.807, 2.05) is 13.0 Å². The van der Waals surface area contributed by atoms with E-state index in [0.29, 0.717) is 27.0 Å². The number of hydrogen-bond acceptors (Lipinski definition) is 4. The van der Waals surface area contributed by atoms with Crippen LogP contribution in [0.4, 0.5) is 10.2 Å². The number of H-pyrrole nitrogens is 1. The Labute approximate surface area is 122 Å². The van der Waals surface area contributed by atoms with Gasteiger partial charge in [0.15, 0.2) is 11.5 Å². The molecule has 0 spiro atoms. The molecule has 0 fully saturated rings. The fourth-order valence-electron chi connectivity index (χ4n) is 2.01. The SMILES string of the molecule is C[C@H](Nc1ncnc2nc[nH]c12)c1ccc(Br)cc1F. The van der Waals surface area contributed by atoms with Crippen molar-refractivity contribution in [1.29, 1.82) is 0 Å². The van der Waals surface area contributed by atoms with Gasteiger partial charge in [-0.15, -0.1) is 0 Å². The monoisotopic (exact) mass is 335 g/mol. The summed E-state index contributed by atoms with van der Waals surface area (Å²) < 4.78 is 14.6. The maximum atomic E-state index is 13.9. The number of aromatic nitrogens is 4. The third kappa shape index (κ3) is 2.36. The quantitative estimate of drug-likeness (QED) is 0.769. The Hall–Kier alpha value is -2.02. The maximum absolute atomic E-state index is 13.9. The summed E-state index contributed by atoms with van der Waals surface area (Å²) in [5, 5.41) is 3.17. The second-order valence-electron chi connectivity index (χ2n) is 4.36. The molecule has 102 valence electrons. The molecule has 3 aromatic rings. The van der Waals surface area contributed by atoms with Crippen LogP contribution in [-0.2, 0) is 0 Å². The van der Waals surface area contributed by atoms with E-state index in [0.717, 1.165) is 0 Å². The van der Waals surface area contributed by atoms with Gasteiger partial charge in [0.25, 0.3) is 0 Å². The van der Waals surface area contributed by atoms with Crippen molar-refractivity contribution >= 4 is 32.9 Å². The second-order valence-corrected chi connectivity index (χ2v) is 5.27. The summed E-state index contributed by atoms with van der Waals surface area (Å²) in [5.74, 6) is 0.330. The van der Waals surface area contributed by atoms with Crippen LogP contribution in [0.1, 0.15) is 18.5 Å². The zero-order valence-corrected chi connectivity index (χ0v) is 12.1. The van der Waals surface area contributed by atoms with Gasteiger partial charge in [-0.2, -0.15) is 0 Å². The van der Waals surface area contributed by atoms with Gasteiger partial charge in [0, 0.05) is 10.0 Å². The number of anilines is 1. The minimum atomic E-state index is -0.269. The van der Waals surface area contributed by atoms with Gasteiger partial charge in [0.05, 0.1) is 12.4 Å². The van der Waals surface area contributed by atoms with Gasteiger partial charge < -0.3 is 10.3 Å². The average molecular weight is 336 g/mol. The number of halogens is 2. The third-order valence-corrected chi connectivity index (χ3v) is 3.50. The highest BCUT2D eigenvalue weighted by molar-refractivity contribution is 9.10. The Morgan fingerprint density at radius 1 is 1.30 bits per heavy atom. The number of rotatable bonds is 3. The van der Waals surface area contributed by atoms with E-state index in [1.54, 1.807) is 12.4 Å². The summed E-state index contributed by atoms with van der Waals surface area (Å²) in [6.45, 7) is 1.87. The van der Waals surface area contributed by atoms with Gasteiger partial charge in [-0.25, -0.2) is 19.3 Å². The summed E-state index contributed by atoms with van der Waals surface area (Å²) in [6.07, 6.45) is 2.98. The van der Waals surface area contributed by atoms with Gasteiger partial charge in [0.2, 0.25) is 0 Å². The molecule has 0 aliphatic rings. The van der Waals surface area contributed by atoms with Crippen molar-refractivity contribution < 1.29 is 4.39 Å². The number of nitrogens with one attached hydrogen (secondary N) is 2. The first kappa shape index (κ1) is 13.0. The van der Waals surface area contributed by atoms with E-state index >= 15 is 0 Å². The van der Waals surface area contributed by atoms with Crippen molar-refractivity contribution in [2.24, 2.45) is 0 Å². The summed E-state index contributed by atoms with van der Waals surface area (Å²) in [5.41, 5.74) is 1.85. The fraction of sp³-hybridized carbons (Fsp3) is 0.154. The molecule has 1 aromatic carbocycles. The summed E-state index contributed by atoms with van der Waals surface area (Å²) >= 11 is 3.25. The number of nitrogens with zero attached hydrogens (tertiary/aromatic N) is 3. The van der Waals surface area contributed by atoms with Crippen LogP contribution in [0.25, 0.3) is 11.2 Å².